The lowest BCUT2D eigenvalue weighted by molar-refractivity contribution is -0.384. The van der Waals surface area contributed by atoms with E-state index in [1.54, 1.807) is 6.07 Å². The average molecular weight is 570 g/mol. The van der Waals surface area contributed by atoms with Gasteiger partial charge < -0.3 is 4.74 Å². The van der Waals surface area contributed by atoms with Crippen LogP contribution in [0.3, 0.4) is 0 Å². The molecule has 1 amide bonds. The summed E-state index contributed by atoms with van der Waals surface area (Å²) in [6, 6.07) is 19.0. The number of amidine groups is 1. The van der Waals surface area contributed by atoms with Crippen LogP contribution in [0.25, 0.3) is 16.8 Å². The zero-order chi connectivity index (χ0) is 28.2. The molecule has 1 heterocycles. The highest BCUT2D eigenvalue weighted by Gasteiger charge is 2.39. The molecule has 3 aromatic carbocycles. The number of ether oxygens (including phenoxy) is 1. The van der Waals surface area contributed by atoms with Crippen LogP contribution >= 0.6 is 11.8 Å². The van der Waals surface area contributed by atoms with Gasteiger partial charge in [0, 0.05) is 23.7 Å². The van der Waals surface area contributed by atoms with E-state index >= 15 is 0 Å². The molecule has 0 atom stereocenters. The third-order valence-electron chi connectivity index (χ3n) is 8.37. The van der Waals surface area contributed by atoms with Crippen LogP contribution in [0.1, 0.15) is 75.3 Å². The van der Waals surface area contributed by atoms with Gasteiger partial charge in [0.1, 0.15) is 12.4 Å². The van der Waals surface area contributed by atoms with Crippen molar-refractivity contribution < 1.29 is 14.5 Å². The van der Waals surface area contributed by atoms with Crippen LogP contribution in [0.5, 0.6) is 5.75 Å². The van der Waals surface area contributed by atoms with Crippen LogP contribution in [0.2, 0.25) is 0 Å². The van der Waals surface area contributed by atoms with Crippen molar-refractivity contribution in [3.05, 3.63) is 86.8 Å². The molecule has 2 saturated carbocycles. The summed E-state index contributed by atoms with van der Waals surface area (Å²) in [4.78, 5) is 32.7. The molecule has 3 aliphatic rings. The SMILES string of the molecule is O=C1C(=Cc2c(OCc3cccc([N+](=O)[O-])c3)ccc3ccccc23)SC(=NC2CCCCC2)N1C1CCCCC1. The molecule has 0 aromatic heterocycles. The summed E-state index contributed by atoms with van der Waals surface area (Å²) in [6.07, 6.45) is 13.4. The van der Waals surface area contributed by atoms with E-state index in [0.717, 1.165) is 60.0 Å². The molecule has 1 aliphatic heterocycles. The molecule has 41 heavy (non-hydrogen) atoms. The number of carbonyl (C=O) groups is 1. The van der Waals surface area contributed by atoms with Gasteiger partial charge in [0.05, 0.1) is 15.9 Å². The molecule has 0 spiro atoms. The van der Waals surface area contributed by atoms with Gasteiger partial charge >= 0.3 is 0 Å². The Bertz CT molecular complexity index is 1510. The number of hydrogen-bond acceptors (Lipinski definition) is 6. The highest BCUT2D eigenvalue weighted by molar-refractivity contribution is 8.18. The number of amides is 1. The summed E-state index contributed by atoms with van der Waals surface area (Å²) >= 11 is 1.50. The van der Waals surface area contributed by atoms with Gasteiger partial charge in [-0.2, -0.15) is 0 Å². The summed E-state index contributed by atoms with van der Waals surface area (Å²) in [7, 11) is 0. The smallest absolute Gasteiger partial charge is 0.269 e. The molecule has 3 aromatic rings. The van der Waals surface area contributed by atoms with Crippen molar-refractivity contribution in [2.75, 3.05) is 0 Å². The van der Waals surface area contributed by atoms with Crippen LogP contribution in [0.15, 0.2) is 70.6 Å². The van der Waals surface area contributed by atoms with Crippen molar-refractivity contribution in [3.63, 3.8) is 0 Å². The monoisotopic (exact) mass is 569 g/mol. The largest absolute Gasteiger partial charge is 0.488 e. The average Bonchev–Trinajstić information content (AvgIpc) is 3.31. The Morgan fingerprint density at radius 2 is 1.71 bits per heavy atom. The minimum absolute atomic E-state index is 0.0347. The Balaban J connectivity index is 1.36. The lowest BCUT2D eigenvalue weighted by Crippen LogP contribution is -2.41. The minimum atomic E-state index is -0.400. The van der Waals surface area contributed by atoms with Gasteiger partial charge in [0.15, 0.2) is 5.17 Å². The molecule has 3 fully saturated rings. The minimum Gasteiger partial charge on any atom is -0.488 e. The van der Waals surface area contributed by atoms with E-state index in [-0.39, 0.29) is 30.3 Å². The number of carbonyl (C=O) groups excluding carboxylic acids is 1. The van der Waals surface area contributed by atoms with Crippen LogP contribution in [0, 0.1) is 10.1 Å². The number of nitrogens with zero attached hydrogens (tertiary/aromatic N) is 3. The van der Waals surface area contributed by atoms with Crippen molar-refractivity contribution in [1.29, 1.82) is 0 Å². The number of rotatable bonds is 7. The van der Waals surface area contributed by atoms with E-state index in [2.05, 4.69) is 6.07 Å². The maximum absolute atomic E-state index is 14.0. The predicted molar refractivity (Wildman–Crippen MR) is 165 cm³/mol. The number of nitro groups is 1. The van der Waals surface area contributed by atoms with Gasteiger partial charge in [0.2, 0.25) is 0 Å². The van der Waals surface area contributed by atoms with E-state index < -0.39 is 4.92 Å². The van der Waals surface area contributed by atoms with Crippen molar-refractivity contribution in [2.24, 2.45) is 4.99 Å². The number of thioether (sulfide) groups is 1. The van der Waals surface area contributed by atoms with Crippen LogP contribution in [0.4, 0.5) is 5.69 Å². The van der Waals surface area contributed by atoms with E-state index in [1.165, 1.54) is 49.6 Å². The summed E-state index contributed by atoms with van der Waals surface area (Å²) in [5.41, 5.74) is 1.59. The molecule has 6 rings (SSSR count). The fraction of sp³-hybridized carbons (Fsp3) is 0.394. The number of non-ortho nitro benzene ring substituents is 1. The van der Waals surface area contributed by atoms with Crippen LogP contribution < -0.4 is 4.74 Å². The summed E-state index contributed by atoms with van der Waals surface area (Å²) < 4.78 is 6.27. The molecule has 0 unspecified atom stereocenters. The molecule has 0 bridgehead atoms. The Morgan fingerprint density at radius 3 is 2.49 bits per heavy atom. The highest BCUT2D eigenvalue weighted by Crippen LogP contribution is 2.41. The van der Waals surface area contributed by atoms with E-state index in [9.17, 15) is 14.9 Å². The number of benzene rings is 3. The van der Waals surface area contributed by atoms with Gasteiger partial charge in [-0.3, -0.25) is 24.8 Å². The third-order valence-corrected chi connectivity index (χ3v) is 9.36. The molecule has 8 heteroatoms. The topological polar surface area (TPSA) is 85.0 Å². The fourth-order valence-corrected chi connectivity index (χ4v) is 7.30. The van der Waals surface area contributed by atoms with Crippen LogP contribution in [-0.2, 0) is 11.4 Å². The first kappa shape index (κ1) is 27.5. The van der Waals surface area contributed by atoms with E-state index in [0.29, 0.717) is 16.2 Å². The number of hydrogen-bond donors (Lipinski definition) is 0. The van der Waals surface area contributed by atoms with Gasteiger partial charge in [-0.1, -0.05) is 81.0 Å². The first-order valence-electron chi connectivity index (χ1n) is 14.8. The zero-order valence-corrected chi connectivity index (χ0v) is 24.0. The lowest BCUT2D eigenvalue weighted by atomic mass is 9.94. The third kappa shape index (κ3) is 6.17. The maximum Gasteiger partial charge on any atom is 0.269 e. The van der Waals surface area contributed by atoms with Gasteiger partial charge in [0.25, 0.3) is 11.6 Å². The zero-order valence-electron chi connectivity index (χ0n) is 23.2. The molecule has 0 N–H and O–H groups in total. The number of aliphatic imine (C=N–C) groups is 1. The molecule has 1 saturated heterocycles. The van der Waals surface area contributed by atoms with Crippen molar-refractivity contribution in [3.8, 4) is 5.75 Å². The van der Waals surface area contributed by atoms with Gasteiger partial charge in [-0.05, 0) is 65.9 Å². The molecule has 7 nitrogen and oxygen atoms in total. The molecule has 212 valence electrons. The van der Waals surface area contributed by atoms with Gasteiger partial charge in [-0.25, -0.2) is 0 Å². The molecular formula is C33H35N3O4S. The molecule has 2 aliphatic carbocycles. The Morgan fingerprint density at radius 1 is 0.951 bits per heavy atom. The highest BCUT2D eigenvalue weighted by atomic mass is 32.2. The Labute approximate surface area is 244 Å². The van der Waals surface area contributed by atoms with Crippen molar-refractivity contribution in [2.45, 2.75) is 82.9 Å². The quantitative estimate of drug-likeness (QED) is 0.162. The van der Waals surface area contributed by atoms with Crippen molar-refractivity contribution in [1.82, 2.24) is 4.90 Å². The first-order valence-corrected chi connectivity index (χ1v) is 15.6. The second-order valence-electron chi connectivity index (χ2n) is 11.2. The number of nitro benzene ring substituents is 1. The lowest BCUT2D eigenvalue weighted by Gasteiger charge is -2.31. The predicted octanol–water partition coefficient (Wildman–Crippen LogP) is 8.26. The summed E-state index contributed by atoms with van der Waals surface area (Å²) in [5, 5.41) is 14.2. The molecule has 0 radical (unpaired) electrons. The van der Waals surface area contributed by atoms with Crippen molar-refractivity contribution >= 4 is 45.4 Å². The summed E-state index contributed by atoms with van der Waals surface area (Å²) in [6.45, 7) is 0.180. The first-order chi connectivity index (χ1) is 20.1. The normalized spacial score (nSPS) is 20.8. The summed E-state index contributed by atoms with van der Waals surface area (Å²) in [5.74, 6) is 0.673. The standard InChI is InChI=1S/C33H35N3O4S/c37-32-31(41-33(34-25-12-3-1-4-13-25)35(32)26-14-5-2-6-15-26)21-29-28-17-8-7-11-24(28)18-19-30(29)40-22-23-10-9-16-27(20-23)36(38)39/h7-11,16-21,25-26H,1-6,12-15,22H2. The molecular weight excluding hydrogens is 534 g/mol. The second-order valence-corrected chi connectivity index (χ2v) is 12.2. The Hall–Kier alpha value is -3.65. The second kappa shape index (κ2) is 12.5. The Kier molecular flexibility index (Phi) is 8.37. The van der Waals surface area contributed by atoms with Crippen LogP contribution in [-0.4, -0.2) is 33.0 Å². The van der Waals surface area contributed by atoms with E-state index in [1.807, 2.05) is 47.4 Å². The fourth-order valence-electron chi connectivity index (χ4n) is 6.21. The maximum atomic E-state index is 14.0. The van der Waals surface area contributed by atoms with E-state index in [4.69, 9.17) is 9.73 Å². The number of fused-ring (bicyclic) bond motifs is 1. The van der Waals surface area contributed by atoms with Gasteiger partial charge in [-0.15, -0.1) is 0 Å².